The summed E-state index contributed by atoms with van der Waals surface area (Å²) in [4.78, 5) is 13.8. The molecule has 1 aliphatic rings. The van der Waals surface area contributed by atoms with Crippen molar-refractivity contribution in [3.8, 4) is 0 Å². The van der Waals surface area contributed by atoms with Crippen molar-refractivity contribution >= 4 is 41.8 Å². The fourth-order valence-corrected chi connectivity index (χ4v) is 3.39. The molecule has 0 spiro atoms. The number of likely N-dealkylation sites (N-methyl/N-ethyl adjacent to an activating group) is 1. The van der Waals surface area contributed by atoms with Crippen LogP contribution in [0.2, 0.25) is 0 Å². The summed E-state index contributed by atoms with van der Waals surface area (Å²) in [5.41, 5.74) is 5.86. The van der Waals surface area contributed by atoms with Gasteiger partial charge in [-0.3, -0.25) is 4.79 Å². The van der Waals surface area contributed by atoms with Crippen LogP contribution in [0.3, 0.4) is 0 Å². The van der Waals surface area contributed by atoms with Gasteiger partial charge in [0.2, 0.25) is 5.91 Å². The van der Waals surface area contributed by atoms with Crippen molar-refractivity contribution in [2.45, 2.75) is 24.9 Å². The summed E-state index contributed by atoms with van der Waals surface area (Å²) < 4.78 is 0. The maximum absolute atomic E-state index is 11.9. The molecule has 0 aromatic heterocycles. The number of carbonyl (C=O) groups excluding carboxylic acids is 1. The third kappa shape index (κ3) is 4.73. The first-order valence-electron chi connectivity index (χ1n) is 5.25. The molecule has 0 saturated carbocycles. The lowest BCUT2D eigenvalue weighted by atomic mass is 10.1. The van der Waals surface area contributed by atoms with Crippen LogP contribution >= 0.6 is 35.9 Å². The van der Waals surface area contributed by atoms with Crippen LogP contribution in [0, 0.1) is 0 Å². The second-order valence-electron chi connectivity index (χ2n) is 3.85. The van der Waals surface area contributed by atoms with E-state index in [1.54, 1.807) is 11.8 Å². The fourth-order valence-electron chi connectivity index (χ4n) is 1.64. The fraction of sp³-hybridized carbons (Fsp3) is 0.900. The maximum Gasteiger partial charge on any atom is 0.239 e. The maximum atomic E-state index is 11.9. The molecule has 96 valence electrons. The Morgan fingerprint density at radius 3 is 2.88 bits per heavy atom. The Morgan fingerprint density at radius 1 is 1.69 bits per heavy atom. The predicted molar refractivity (Wildman–Crippen MR) is 76.7 cm³/mol. The van der Waals surface area contributed by atoms with Crippen LogP contribution in [0.4, 0.5) is 0 Å². The van der Waals surface area contributed by atoms with E-state index in [4.69, 9.17) is 5.73 Å². The molecule has 6 heteroatoms. The molecule has 0 aliphatic carbocycles. The predicted octanol–water partition coefficient (Wildman–Crippen LogP) is 1.45. The van der Waals surface area contributed by atoms with E-state index in [1.165, 1.54) is 5.75 Å². The molecule has 1 aliphatic heterocycles. The molecule has 0 aromatic rings. The van der Waals surface area contributed by atoms with Gasteiger partial charge < -0.3 is 10.6 Å². The molecule has 0 radical (unpaired) electrons. The molecule has 1 fully saturated rings. The zero-order chi connectivity index (χ0) is 11.3. The first kappa shape index (κ1) is 16.4. The number of halogens is 1. The first-order chi connectivity index (χ1) is 7.16. The quantitative estimate of drug-likeness (QED) is 0.830. The van der Waals surface area contributed by atoms with Crippen molar-refractivity contribution in [3.05, 3.63) is 0 Å². The minimum absolute atomic E-state index is 0. The standard InChI is InChI=1S/C10H20N2OS2.ClH/c1-12(8-3-6-15-7-8)10(13)9(11)4-5-14-2;/h8-9H,3-7,11H2,1-2H3;1H/t8?,9-;/m0./s1. The van der Waals surface area contributed by atoms with Gasteiger partial charge in [-0.1, -0.05) is 0 Å². The van der Waals surface area contributed by atoms with Crippen molar-refractivity contribution in [2.75, 3.05) is 30.6 Å². The average molecular weight is 285 g/mol. The van der Waals surface area contributed by atoms with E-state index in [-0.39, 0.29) is 24.4 Å². The molecular formula is C10H21ClN2OS2. The molecule has 1 unspecified atom stereocenters. The smallest absolute Gasteiger partial charge is 0.239 e. The number of hydrogen-bond donors (Lipinski definition) is 1. The van der Waals surface area contributed by atoms with Crippen LogP contribution in [-0.4, -0.2) is 53.5 Å². The lowest BCUT2D eigenvalue weighted by Gasteiger charge is -2.26. The molecule has 3 nitrogen and oxygen atoms in total. The Balaban J connectivity index is 0.00000225. The van der Waals surface area contributed by atoms with E-state index >= 15 is 0 Å². The molecule has 2 atom stereocenters. The third-order valence-corrected chi connectivity index (χ3v) is 4.54. The zero-order valence-corrected chi connectivity index (χ0v) is 12.3. The molecule has 1 heterocycles. The number of carbonyl (C=O) groups is 1. The highest BCUT2D eigenvalue weighted by Crippen LogP contribution is 2.21. The highest BCUT2D eigenvalue weighted by molar-refractivity contribution is 7.99. The van der Waals surface area contributed by atoms with Crippen molar-refractivity contribution < 1.29 is 4.79 Å². The summed E-state index contributed by atoms with van der Waals surface area (Å²) in [6.45, 7) is 0. The second kappa shape index (κ2) is 8.50. The van der Waals surface area contributed by atoms with Crippen molar-refractivity contribution in [1.29, 1.82) is 0 Å². The van der Waals surface area contributed by atoms with Gasteiger partial charge in [-0.25, -0.2) is 0 Å². The number of hydrogen-bond acceptors (Lipinski definition) is 4. The van der Waals surface area contributed by atoms with Crippen LogP contribution in [0.5, 0.6) is 0 Å². The number of nitrogens with zero attached hydrogens (tertiary/aromatic N) is 1. The van der Waals surface area contributed by atoms with Gasteiger partial charge in [0, 0.05) is 18.8 Å². The van der Waals surface area contributed by atoms with E-state index in [1.807, 2.05) is 30.0 Å². The average Bonchev–Trinajstić information content (AvgIpc) is 2.77. The van der Waals surface area contributed by atoms with Crippen molar-refractivity contribution in [2.24, 2.45) is 5.73 Å². The largest absolute Gasteiger partial charge is 0.341 e. The topological polar surface area (TPSA) is 46.3 Å². The van der Waals surface area contributed by atoms with E-state index in [0.717, 1.165) is 24.3 Å². The van der Waals surface area contributed by atoms with Gasteiger partial charge in [-0.05, 0) is 30.6 Å². The Bertz CT molecular complexity index is 213. The van der Waals surface area contributed by atoms with Gasteiger partial charge in [0.1, 0.15) is 0 Å². The molecule has 0 bridgehead atoms. The van der Waals surface area contributed by atoms with E-state index in [0.29, 0.717) is 6.04 Å². The Kier molecular flexibility index (Phi) is 8.73. The summed E-state index contributed by atoms with van der Waals surface area (Å²) in [6.07, 6.45) is 3.93. The van der Waals surface area contributed by atoms with Crippen LogP contribution in [0.15, 0.2) is 0 Å². The minimum Gasteiger partial charge on any atom is -0.341 e. The number of rotatable bonds is 5. The lowest BCUT2D eigenvalue weighted by Crippen LogP contribution is -2.46. The minimum atomic E-state index is -0.312. The highest BCUT2D eigenvalue weighted by Gasteiger charge is 2.26. The van der Waals surface area contributed by atoms with Crippen molar-refractivity contribution in [1.82, 2.24) is 4.90 Å². The molecule has 16 heavy (non-hydrogen) atoms. The normalized spacial score (nSPS) is 21.3. The third-order valence-electron chi connectivity index (χ3n) is 2.75. The molecule has 0 aromatic carbocycles. The summed E-state index contributed by atoms with van der Waals surface area (Å²) in [7, 11) is 1.89. The summed E-state index contributed by atoms with van der Waals surface area (Å²) in [5, 5.41) is 0. The van der Waals surface area contributed by atoms with Crippen molar-refractivity contribution in [3.63, 3.8) is 0 Å². The second-order valence-corrected chi connectivity index (χ2v) is 5.99. The number of thioether (sulfide) groups is 2. The Hall–Kier alpha value is 0.420. The number of nitrogens with two attached hydrogens (primary N) is 1. The highest BCUT2D eigenvalue weighted by atomic mass is 35.5. The first-order valence-corrected chi connectivity index (χ1v) is 7.80. The Labute approximate surface area is 113 Å². The van der Waals surface area contributed by atoms with E-state index in [9.17, 15) is 4.79 Å². The van der Waals surface area contributed by atoms with Gasteiger partial charge >= 0.3 is 0 Å². The number of amides is 1. The van der Waals surface area contributed by atoms with Gasteiger partial charge in [0.05, 0.1) is 6.04 Å². The van der Waals surface area contributed by atoms with Crippen LogP contribution in [0.25, 0.3) is 0 Å². The molecule has 1 rings (SSSR count). The summed E-state index contributed by atoms with van der Waals surface area (Å²) in [5.74, 6) is 3.30. The van der Waals surface area contributed by atoms with Gasteiger partial charge in [-0.2, -0.15) is 23.5 Å². The van der Waals surface area contributed by atoms with E-state index < -0.39 is 0 Å². The summed E-state index contributed by atoms with van der Waals surface area (Å²) in [6, 6.07) is 0.0934. The van der Waals surface area contributed by atoms with E-state index in [2.05, 4.69) is 0 Å². The van der Waals surface area contributed by atoms with Crippen LogP contribution < -0.4 is 5.73 Å². The molecule has 1 amide bonds. The van der Waals surface area contributed by atoms with Gasteiger partial charge in [0.15, 0.2) is 0 Å². The molecular weight excluding hydrogens is 264 g/mol. The molecule has 1 saturated heterocycles. The zero-order valence-electron chi connectivity index (χ0n) is 9.85. The van der Waals surface area contributed by atoms with Gasteiger partial charge in [-0.15, -0.1) is 12.4 Å². The Morgan fingerprint density at radius 2 is 2.38 bits per heavy atom. The lowest BCUT2D eigenvalue weighted by molar-refractivity contribution is -0.132. The molecule has 2 N–H and O–H groups in total. The monoisotopic (exact) mass is 284 g/mol. The van der Waals surface area contributed by atoms with Crippen LogP contribution in [-0.2, 0) is 4.79 Å². The van der Waals surface area contributed by atoms with Gasteiger partial charge in [0.25, 0.3) is 0 Å². The van der Waals surface area contributed by atoms with Crippen LogP contribution in [0.1, 0.15) is 12.8 Å². The summed E-state index contributed by atoms with van der Waals surface area (Å²) >= 11 is 3.66. The SMILES string of the molecule is CSCC[C@H](N)C(=O)N(C)C1CCSC1.Cl.